The summed E-state index contributed by atoms with van der Waals surface area (Å²) in [5, 5.41) is 0. The lowest BCUT2D eigenvalue weighted by Gasteiger charge is -2.36. The zero-order valence-corrected chi connectivity index (χ0v) is 14.5. The van der Waals surface area contributed by atoms with Crippen molar-refractivity contribution >= 4 is 29.1 Å². The van der Waals surface area contributed by atoms with E-state index in [-0.39, 0.29) is 17.4 Å². The van der Waals surface area contributed by atoms with Crippen LogP contribution in [0.25, 0.3) is 0 Å². The van der Waals surface area contributed by atoms with Gasteiger partial charge in [-0.2, -0.15) is 48.3 Å². The molecule has 0 amide bonds. The molecule has 0 unspecified atom stereocenters. The number of halogens is 11. The van der Waals surface area contributed by atoms with Gasteiger partial charge in [-0.25, -0.2) is 4.79 Å². The number of rotatable bonds is 6. The molecule has 0 saturated carbocycles. The molecule has 2 nitrogen and oxygen atoms in total. The van der Waals surface area contributed by atoms with Crippen LogP contribution in [0.15, 0.2) is 10.3 Å². The SMILES string of the molecule is COC(=O)c1cc(C(F)(F)C(F)(F)C(F)(F)C(F)(F)C(F)(F)F)sc1SC. The Morgan fingerprint density at radius 3 is 1.78 bits per heavy atom. The van der Waals surface area contributed by atoms with E-state index >= 15 is 0 Å². The number of ether oxygens (including phenoxy) is 1. The molecule has 15 heteroatoms. The van der Waals surface area contributed by atoms with E-state index in [0.29, 0.717) is 11.8 Å². The van der Waals surface area contributed by atoms with Crippen LogP contribution in [-0.2, 0) is 10.7 Å². The lowest BCUT2D eigenvalue weighted by Crippen LogP contribution is -2.65. The van der Waals surface area contributed by atoms with E-state index in [1.165, 1.54) is 6.26 Å². The number of thiophene rings is 1. The van der Waals surface area contributed by atoms with Gasteiger partial charge in [-0.1, -0.05) is 0 Å². The molecular formula is C12H7F11O2S2. The normalized spacial score (nSPS) is 14.4. The topological polar surface area (TPSA) is 26.3 Å². The fourth-order valence-corrected chi connectivity index (χ4v) is 3.51. The van der Waals surface area contributed by atoms with Crippen molar-refractivity contribution in [3.05, 3.63) is 16.5 Å². The first-order chi connectivity index (χ1) is 11.9. The number of esters is 1. The van der Waals surface area contributed by atoms with Crippen molar-refractivity contribution in [3.63, 3.8) is 0 Å². The fraction of sp³-hybridized carbons (Fsp3) is 0.583. The van der Waals surface area contributed by atoms with Gasteiger partial charge in [0.05, 0.1) is 21.8 Å². The summed E-state index contributed by atoms with van der Waals surface area (Å²) in [7, 11) is 0.772. The lowest BCUT2D eigenvalue weighted by molar-refractivity contribution is -0.424. The molecule has 156 valence electrons. The largest absolute Gasteiger partial charge is 0.465 e. The van der Waals surface area contributed by atoms with E-state index in [4.69, 9.17) is 0 Å². The number of hydrogen-bond donors (Lipinski definition) is 0. The Labute approximate surface area is 151 Å². The van der Waals surface area contributed by atoms with Gasteiger partial charge in [0, 0.05) is 0 Å². The standard InChI is InChI=1S/C12H7F11O2S2/c1-25-6(24)4-3-5(27-7(4)26-2)8(13,14)9(15,16)10(17,18)11(19,20)12(21,22)23/h3H,1-2H3. The van der Waals surface area contributed by atoms with E-state index in [1.54, 1.807) is 0 Å². The minimum Gasteiger partial charge on any atom is -0.465 e. The van der Waals surface area contributed by atoms with E-state index in [2.05, 4.69) is 4.74 Å². The first-order valence-corrected chi connectivity index (χ1v) is 8.28. The van der Waals surface area contributed by atoms with E-state index in [1.807, 2.05) is 0 Å². The summed E-state index contributed by atoms with van der Waals surface area (Å²) < 4.78 is 147. The Balaban J connectivity index is 3.57. The van der Waals surface area contributed by atoms with Crippen molar-refractivity contribution in [2.45, 2.75) is 34.1 Å². The van der Waals surface area contributed by atoms with Gasteiger partial charge >= 0.3 is 35.8 Å². The number of thioether (sulfide) groups is 1. The van der Waals surface area contributed by atoms with Gasteiger partial charge in [-0.15, -0.1) is 23.1 Å². The highest BCUT2D eigenvalue weighted by molar-refractivity contribution is 8.00. The molecule has 0 aromatic carbocycles. The monoisotopic (exact) mass is 456 g/mol. The molecule has 1 heterocycles. The molecule has 0 radical (unpaired) electrons. The molecule has 0 spiro atoms. The smallest absolute Gasteiger partial charge is 0.460 e. The van der Waals surface area contributed by atoms with Crippen molar-refractivity contribution in [3.8, 4) is 0 Å². The van der Waals surface area contributed by atoms with Crippen molar-refractivity contribution in [1.82, 2.24) is 0 Å². The quantitative estimate of drug-likeness (QED) is 0.307. The Morgan fingerprint density at radius 1 is 0.926 bits per heavy atom. The van der Waals surface area contributed by atoms with Crippen molar-refractivity contribution in [1.29, 1.82) is 0 Å². The van der Waals surface area contributed by atoms with E-state index < -0.39 is 50.5 Å². The first kappa shape index (κ1) is 23.8. The fourth-order valence-electron chi connectivity index (χ4n) is 1.66. The van der Waals surface area contributed by atoms with Gasteiger partial charge in [0.1, 0.15) is 0 Å². The first-order valence-electron chi connectivity index (χ1n) is 6.24. The van der Waals surface area contributed by atoms with E-state index in [0.717, 1.165) is 7.11 Å². The molecule has 0 aliphatic carbocycles. The van der Waals surface area contributed by atoms with Crippen molar-refractivity contribution < 1.29 is 57.8 Å². The minimum absolute atomic E-state index is 0.0297. The molecule has 0 fully saturated rings. The number of hydrogen-bond acceptors (Lipinski definition) is 4. The highest BCUT2D eigenvalue weighted by Crippen LogP contribution is 2.60. The average Bonchev–Trinajstić information content (AvgIpc) is 2.97. The van der Waals surface area contributed by atoms with Crippen LogP contribution in [0.2, 0.25) is 0 Å². The van der Waals surface area contributed by atoms with Crippen LogP contribution >= 0.6 is 23.1 Å². The van der Waals surface area contributed by atoms with Gasteiger partial charge in [-0.05, 0) is 12.3 Å². The molecule has 0 aliphatic rings. The molecule has 0 saturated heterocycles. The Hall–Kier alpha value is -1.25. The second-order valence-electron chi connectivity index (χ2n) is 4.80. The molecule has 1 rings (SSSR count). The summed E-state index contributed by atoms with van der Waals surface area (Å²) in [6.07, 6.45) is -6.06. The average molecular weight is 456 g/mol. The number of methoxy groups -OCH3 is 1. The van der Waals surface area contributed by atoms with Gasteiger partial charge in [0.2, 0.25) is 0 Å². The van der Waals surface area contributed by atoms with Gasteiger partial charge in [0.25, 0.3) is 0 Å². The van der Waals surface area contributed by atoms with Crippen LogP contribution in [0.1, 0.15) is 15.2 Å². The summed E-state index contributed by atoms with van der Waals surface area (Å²) >= 11 is 0.172. The second kappa shape index (κ2) is 6.97. The molecule has 0 bridgehead atoms. The van der Waals surface area contributed by atoms with Gasteiger partial charge < -0.3 is 4.74 Å². The van der Waals surface area contributed by atoms with Gasteiger partial charge in [-0.3, -0.25) is 0 Å². The summed E-state index contributed by atoms with van der Waals surface area (Å²) in [4.78, 5) is 9.37. The Bertz CT molecular complexity index is 709. The molecule has 0 N–H and O–H groups in total. The molecular weight excluding hydrogens is 449 g/mol. The second-order valence-corrected chi connectivity index (χ2v) is 6.93. The third-order valence-corrected chi connectivity index (χ3v) is 5.48. The van der Waals surface area contributed by atoms with Gasteiger partial charge in [0.15, 0.2) is 0 Å². The summed E-state index contributed by atoms with van der Waals surface area (Å²) in [6, 6.07) is -0.0297. The summed E-state index contributed by atoms with van der Waals surface area (Å²) in [5.41, 5.74) is -0.772. The number of carbonyl (C=O) groups excluding carboxylic acids is 1. The van der Waals surface area contributed by atoms with Crippen LogP contribution in [-0.4, -0.2) is 43.3 Å². The highest BCUT2D eigenvalue weighted by atomic mass is 32.2. The van der Waals surface area contributed by atoms with Crippen molar-refractivity contribution in [2.75, 3.05) is 13.4 Å². The predicted molar refractivity (Wildman–Crippen MR) is 72.2 cm³/mol. The maximum atomic E-state index is 14.0. The minimum atomic E-state index is -7.50. The van der Waals surface area contributed by atoms with Crippen molar-refractivity contribution in [2.24, 2.45) is 0 Å². The molecule has 0 atom stereocenters. The summed E-state index contributed by atoms with van der Waals surface area (Å²) in [6.45, 7) is 0. The maximum absolute atomic E-state index is 14.0. The zero-order chi connectivity index (χ0) is 21.6. The molecule has 27 heavy (non-hydrogen) atoms. The molecule has 1 aromatic rings. The van der Waals surface area contributed by atoms with Crippen LogP contribution in [0.4, 0.5) is 48.3 Å². The van der Waals surface area contributed by atoms with E-state index in [9.17, 15) is 53.1 Å². The Kier molecular flexibility index (Phi) is 6.14. The van der Waals surface area contributed by atoms with Crippen LogP contribution in [0, 0.1) is 0 Å². The number of alkyl halides is 11. The predicted octanol–water partition coefficient (Wildman–Crippen LogP) is 5.82. The molecule has 1 aromatic heterocycles. The summed E-state index contributed by atoms with van der Waals surface area (Å²) in [5.74, 6) is -29.6. The number of carbonyl (C=O) groups is 1. The Morgan fingerprint density at radius 2 is 1.41 bits per heavy atom. The lowest BCUT2D eigenvalue weighted by atomic mass is 9.97. The maximum Gasteiger partial charge on any atom is 0.460 e. The zero-order valence-electron chi connectivity index (χ0n) is 12.9. The van der Waals surface area contributed by atoms with Crippen LogP contribution in [0.3, 0.4) is 0 Å². The third kappa shape index (κ3) is 3.47. The molecule has 0 aliphatic heterocycles. The highest BCUT2D eigenvalue weighted by Gasteiger charge is 2.87. The van der Waals surface area contributed by atoms with Crippen LogP contribution < -0.4 is 0 Å². The van der Waals surface area contributed by atoms with Crippen LogP contribution in [0.5, 0.6) is 0 Å². The third-order valence-electron chi connectivity index (χ3n) is 3.14.